The largest absolute Gasteiger partial charge is 0.320 e. The second kappa shape index (κ2) is 4.37. The molecule has 1 rings (SSSR count). The molecule has 4 heteroatoms. The van der Waals surface area contributed by atoms with E-state index in [2.05, 4.69) is 10.3 Å². The Labute approximate surface area is 79.0 Å². The first-order valence-corrected chi connectivity index (χ1v) is 4.65. The van der Waals surface area contributed by atoms with Crippen molar-refractivity contribution in [3.8, 4) is 0 Å². The van der Waals surface area contributed by atoms with Gasteiger partial charge >= 0.3 is 0 Å². The summed E-state index contributed by atoms with van der Waals surface area (Å²) in [7, 11) is 3.72. The van der Waals surface area contributed by atoms with Crippen LogP contribution >= 0.6 is 0 Å². The average Bonchev–Trinajstić information content (AvgIpc) is 2.34. The van der Waals surface area contributed by atoms with Gasteiger partial charge in [-0.05, 0) is 26.9 Å². The number of amidine groups is 1. The topological polar surface area (TPSA) is 44.7 Å². The fourth-order valence-corrected chi connectivity index (χ4v) is 1.43. The van der Waals surface area contributed by atoms with Crippen molar-refractivity contribution in [2.75, 3.05) is 20.6 Å². The van der Waals surface area contributed by atoms with Crippen LogP contribution in [-0.4, -0.2) is 43.3 Å². The van der Waals surface area contributed by atoms with Crippen molar-refractivity contribution in [3.05, 3.63) is 0 Å². The molecule has 1 aliphatic rings. The lowest BCUT2D eigenvalue weighted by Crippen LogP contribution is -2.30. The van der Waals surface area contributed by atoms with Gasteiger partial charge in [0.2, 0.25) is 0 Å². The maximum Gasteiger partial charge on any atom is 0.252 e. The van der Waals surface area contributed by atoms with Crippen molar-refractivity contribution < 1.29 is 4.79 Å². The second-order valence-corrected chi connectivity index (χ2v) is 3.33. The Kier molecular flexibility index (Phi) is 3.42. The summed E-state index contributed by atoms with van der Waals surface area (Å²) in [6.07, 6.45) is 1.91. The maximum absolute atomic E-state index is 11.3. The Balaban J connectivity index is 2.42. The summed E-state index contributed by atoms with van der Waals surface area (Å²) in [5.41, 5.74) is 0. The minimum absolute atomic E-state index is 0.111. The summed E-state index contributed by atoms with van der Waals surface area (Å²) in [6.45, 7) is 2.80. The lowest BCUT2D eigenvalue weighted by molar-refractivity contribution is -0.126. The number of rotatable bonds is 4. The highest BCUT2D eigenvalue weighted by Gasteiger charge is 2.27. The lowest BCUT2D eigenvalue weighted by Gasteiger charge is -2.11. The van der Waals surface area contributed by atoms with Crippen LogP contribution in [0.2, 0.25) is 0 Å². The molecule has 4 nitrogen and oxygen atoms in total. The molecule has 0 aliphatic carbocycles. The Morgan fingerprint density at radius 1 is 1.62 bits per heavy atom. The van der Waals surface area contributed by atoms with E-state index in [4.69, 9.17) is 0 Å². The molecule has 0 fully saturated rings. The summed E-state index contributed by atoms with van der Waals surface area (Å²) in [4.78, 5) is 17.3. The zero-order chi connectivity index (χ0) is 9.84. The molecule has 1 heterocycles. The SMILES string of the molecule is CNCCCC1=N[C@H](C)C(=O)N1C. The van der Waals surface area contributed by atoms with Crippen molar-refractivity contribution in [3.63, 3.8) is 0 Å². The van der Waals surface area contributed by atoms with Crippen LogP contribution in [0.15, 0.2) is 4.99 Å². The first-order valence-electron chi connectivity index (χ1n) is 4.65. The van der Waals surface area contributed by atoms with Crippen LogP contribution in [0, 0.1) is 0 Å². The van der Waals surface area contributed by atoms with E-state index in [9.17, 15) is 4.79 Å². The average molecular weight is 183 g/mol. The van der Waals surface area contributed by atoms with Gasteiger partial charge in [-0.3, -0.25) is 9.79 Å². The van der Waals surface area contributed by atoms with Gasteiger partial charge in [0.25, 0.3) is 5.91 Å². The molecule has 1 atom stereocenters. The molecule has 0 saturated carbocycles. The van der Waals surface area contributed by atoms with Crippen LogP contribution in [0.4, 0.5) is 0 Å². The van der Waals surface area contributed by atoms with E-state index in [0.29, 0.717) is 0 Å². The summed E-state index contributed by atoms with van der Waals surface area (Å²) in [6, 6.07) is -0.172. The van der Waals surface area contributed by atoms with E-state index in [1.54, 1.807) is 11.9 Å². The third kappa shape index (κ3) is 2.28. The van der Waals surface area contributed by atoms with Gasteiger partial charge in [-0.1, -0.05) is 0 Å². The van der Waals surface area contributed by atoms with Crippen molar-refractivity contribution in [1.82, 2.24) is 10.2 Å². The normalized spacial score (nSPS) is 22.4. The van der Waals surface area contributed by atoms with Crippen molar-refractivity contribution in [1.29, 1.82) is 0 Å². The number of nitrogens with zero attached hydrogens (tertiary/aromatic N) is 2. The standard InChI is InChI=1S/C9H17N3O/c1-7-9(13)12(3)8(11-7)5-4-6-10-2/h7,10H,4-6H2,1-3H3/t7-/m1/s1. The number of carbonyl (C=O) groups is 1. The summed E-state index contributed by atoms with van der Waals surface area (Å²) in [5, 5.41) is 3.07. The van der Waals surface area contributed by atoms with Gasteiger partial charge in [0.05, 0.1) is 0 Å². The number of amides is 1. The van der Waals surface area contributed by atoms with Crippen LogP contribution in [-0.2, 0) is 4.79 Å². The highest BCUT2D eigenvalue weighted by atomic mass is 16.2. The van der Waals surface area contributed by atoms with Crippen molar-refractivity contribution in [2.24, 2.45) is 4.99 Å². The monoisotopic (exact) mass is 183 g/mol. The fraction of sp³-hybridized carbons (Fsp3) is 0.778. The van der Waals surface area contributed by atoms with E-state index in [-0.39, 0.29) is 11.9 Å². The van der Waals surface area contributed by atoms with Crippen LogP contribution in [0.5, 0.6) is 0 Å². The molecule has 1 aliphatic heterocycles. The summed E-state index contributed by atoms with van der Waals surface area (Å²) in [5.74, 6) is 1.03. The molecule has 0 saturated heterocycles. The van der Waals surface area contributed by atoms with Crippen LogP contribution in [0.3, 0.4) is 0 Å². The minimum Gasteiger partial charge on any atom is -0.320 e. The minimum atomic E-state index is -0.172. The van der Waals surface area contributed by atoms with Gasteiger partial charge in [0.1, 0.15) is 11.9 Å². The van der Waals surface area contributed by atoms with Crippen LogP contribution in [0.25, 0.3) is 0 Å². The molecule has 1 amide bonds. The van der Waals surface area contributed by atoms with E-state index in [1.165, 1.54) is 0 Å². The quantitative estimate of drug-likeness (QED) is 0.635. The zero-order valence-electron chi connectivity index (χ0n) is 8.50. The Bertz CT molecular complexity index is 225. The van der Waals surface area contributed by atoms with E-state index in [0.717, 1.165) is 25.2 Å². The Morgan fingerprint density at radius 3 is 2.77 bits per heavy atom. The van der Waals surface area contributed by atoms with Gasteiger partial charge in [-0.2, -0.15) is 0 Å². The Hall–Kier alpha value is -0.900. The smallest absolute Gasteiger partial charge is 0.252 e. The second-order valence-electron chi connectivity index (χ2n) is 3.33. The van der Waals surface area contributed by atoms with Crippen molar-refractivity contribution >= 4 is 11.7 Å². The highest BCUT2D eigenvalue weighted by molar-refractivity contribution is 6.05. The molecule has 0 aromatic carbocycles. The number of hydrogen-bond donors (Lipinski definition) is 1. The molecule has 0 bridgehead atoms. The van der Waals surface area contributed by atoms with Gasteiger partial charge in [-0.25, -0.2) is 0 Å². The molecular weight excluding hydrogens is 166 g/mol. The number of carbonyl (C=O) groups excluding carboxylic acids is 1. The predicted octanol–water partition coefficient (Wildman–Crippen LogP) is 0.245. The molecule has 0 aromatic rings. The molecule has 0 spiro atoms. The summed E-state index contributed by atoms with van der Waals surface area (Å²) >= 11 is 0. The van der Waals surface area contributed by atoms with E-state index < -0.39 is 0 Å². The summed E-state index contributed by atoms with van der Waals surface area (Å²) < 4.78 is 0. The Morgan fingerprint density at radius 2 is 2.31 bits per heavy atom. The molecule has 0 aromatic heterocycles. The predicted molar refractivity (Wildman–Crippen MR) is 52.8 cm³/mol. The first-order chi connectivity index (χ1) is 6.16. The van der Waals surface area contributed by atoms with E-state index >= 15 is 0 Å². The van der Waals surface area contributed by atoms with Gasteiger partial charge in [0, 0.05) is 13.5 Å². The first kappa shape index (κ1) is 10.2. The molecular formula is C9H17N3O. The van der Waals surface area contributed by atoms with Gasteiger partial charge in [0.15, 0.2) is 0 Å². The number of aliphatic imine (C=N–C) groups is 1. The maximum atomic E-state index is 11.3. The third-order valence-electron chi connectivity index (χ3n) is 2.24. The fourth-order valence-electron chi connectivity index (χ4n) is 1.43. The lowest BCUT2D eigenvalue weighted by atomic mass is 10.3. The zero-order valence-corrected chi connectivity index (χ0v) is 8.50. The number of hydrogen-bond acceptors (Lipinski definition) is 3. The third-order valence-corrected chi connectivity index (χ3v) is 2.24. The molecule has 0 radical (unpaired) electrons. The molecule has 74 valence electrons. The number of nitrogens with one attached hydrogen (secondary N) is 1. The molecule has 1 N–H and O–H groups in total. The molecule has 13 heavy (non-hydrogen) atoms. The van der Waals surface area contributed by atoms with Crippen LogP contribution in [0.1, 0.15) is 19.8 Å². The number of likely N-dealkylation sites (N-methyl/N-ethyl adjacent to an activating group) is 1. The van der Waals surface area contributed by atoms with Crippen LogP contribution < -0.4 is 5.32 Å². The van der Waals surface area contributed by atoms with Crippen molar-refractivity contribution in [2.45, 2.75) is 25.8 Å². The van der Waals surface area contributed by atoms with Gasteiger partial charge in [-0.15, -0.1) is 0 Å². The van der Waals surface area contributed by atoms with E-state index in [1.807, 2.05) is 14.0 Å². The van der Waals surface area contributed by atoms with Gasteiger partial charge < -0.3 is 10.2 Å². The molecule has 0 unspecified atom stereocenters. The highest BCUT2D eigenvalue weighted by Crippen LogP contribution is 2.11.